The summed E-state index contributed by atoms with van der Waals surface area (Å²) in [4.78, 5) is 27.6. The number of urea groups is 1. The Balaban J connectivity index is 1.81. The standard InChI is InChI=1S/C24H31N4O5P/c1-7-13-27-17(2)22-23(28(24(27)29)14-8-15-33-34(6)30)25-21(26(22)3)12-10-18-9-11-19(31-4)20(16-18)32-5/h1,9,11,16,19-21,25,30H,2,8,13-15H2,3-6H3. The highest BCUT2D eigenvalue weighted by Gasteiger charge is 2.42. The first-order valence-electron chi connectivity index (χ1n) is 10.8. The number of terminal acetylenes is 1. The molecule has 3 rings (SSSR count). The lowest BCUT2D eigenvalue weighted by Crippen LogP contribution is -2.49. The zero-order valence-electron chi connectivity index (χ0n) is 19.9. The van der Waals surface area contributed by atoms with Crippen LogP contribution in [0.5, 0.6) is 0 Å². The van der Waals surface area contributed by atoms with Crippen LogP contribution in [0.3, 0.4) is 0 Å². The minimum atomic E-state index is -1.44. The summed E-state index contributed by atoms with van der Waals surface area (Å²) in [5, 5.41) is 3.36. The van der Waals surface area contributed by atoms with Gasteiger partial charge in [-0.2, -0.15) is 0 Å². The number of rotatable bonds is 8. The Kier molecular flexibility index (Phi) is 8.79. The number of hydrogen-bond donors (Lipinski definition) is 2. The molecule has 2 heterocycles. The zero-order valence-corrected chi connectivity index (χ0v) is 20.8. The van der Waals surface area contributed by atoms with Crippen LogP contribution in [0, 0.1) is 24.2 Å². The van der Waals surface area contributed by atoms with Crippen LogP contribution in [0.15, 0.2) is 47.6 Å². The van der Waals surface area contributed by atoms with E-state index in [1.807, 2.05) is 30.2 Å². The smallest absolute Gasteiger partial charge is 0.331 e. The number of nitrogens with zero attached hydrogens (tertiary/aromatic N) is 3. The molecule has 0 fully saturated rings. The molecule has 0 bridgehead atoms. The molecule has 0 aromatic carbocycles. The number of methoxy groups -OCH3 is 2. The highest BCUT2D eigenvalue weighted by atomic mass is 31.2. The van der Waals surface area contributed by atoms with E-state index in [9.17, 15) is 9.69 Å². The average Bonchev–Trinajstić information content (AvgIpc) is 3.15. The van der Waals surface area contributed by atoms with Gasteiger partial charge in [-0.25, -0.2) is 4.79 Å². The molecule has 0 spiro atoms. The van der Waals surface area contributed by atoms with E-state index in [-0.39, 0.29) is 30.9 Å². The number of nitrogens with one attached hydrogen (secondary N) is 1. The first kappa shape index (κ1) is 25.8. The van der Waals surface area contributed by atoms with Gasteiger partial charge in [-0.15, -0.1) is 6.42 Å². The fraction of sp³-hybridized carbons (Fsp3) is 0.458. The molecule has 9 nitrogen and oxygen atoms in total. The predicted octanol–water partition coefficient (Wildman–Crippen LogP) is 1.77. The third kappa shape index (κ3) is 5.47. The van der Waals surface area contributed by atoms with E-state index in [1.54, 1.807) is 25.8 Å². The third-order valence-corrected chi connectivity index (χ3v) is 6.21. The van der Waals surface area contributed by atoms with E-state index in [4.69, 9.17) is 20.4 Å². The number of hydrogen-bond acceptors (Lipinski definition) is 7. The number of ether oxygens (including phenoxy) is 2. The minimum Gasteiger partial charge on any atom is -0.374 e. The molecule has 0 aromatic rings. The SMILES string of the molecule is C#CCN1C(=C)C2=C(NC(C#CC3=CC(OC)C(OC)C=C3)N2C)N(CCCOP(C)O)C1=O. The number of likely N-dealkylation sites (N-methyl/N-ethyl adjacent to an activating group) is 1. The Hall–Kier alpha value is -2.78. The number of amides is 2. The van der Waals surface area contributed by atoms with Crippen molar-refractivity contribution in [3.05, 3.63) is 47.6 Å². The summed E-state index contributed by atoms with van der Waals surface area (Å²) in [5.74, 6) is 9.59. The van der Waals surface area contributed by atoms with Gasteiger partial charge in [0.05, 0.1) is 18.8 Å². The van der Waals surface area contributed by atoms with Crippen LogP contribution in [-0.2, 0) is 14.0 Å². The summed E-state index contributed by atoms with van der Waals surface area (Å²) in [6.07, 6.45) is 11.1. The molecule has 3 aliphatic rings. The topological polar surface area (TPSA) is 86.7 Å². The molecular weight excluding hydrogens is 455 g/mol. The molecule has 10 heteroatoms. The Morgan fingerprint density at radius 2 is 2.03 bits per heavy atom. The molecule has 1 aliphatic carbocycles. The Labute approximate surface area is 202 Å². The molecule has 0 saturated heterocycles. The Bertz CT molecular complexity index is 1000. The fourth-order valence-electron chi connectivity index (χ4n) is 3.92. The van der Waals surface area contributed by atoms with Gasteiger partial charge in [0, 0.05) is 40.0 Å². The zero-order chi connectivity index (χ0) is 24.8. The van der Waals surface area contributed by atoms with Crippen LogP contribution in [-0.4, -0.2) is 91.6 Å². The molecule has 4 atom stereocenters. The van der Waals surface area contributed by atoms with E-state index in [1.165, 1.54) is 4.90 Å². The monoisotopic (exact) mass is 486 g/mol. The second-order valence-electron chi connectivity index (χ2n) is 7.83. The summed E-state index contributed by atoms with van der Waals surface area (Å²) >= 11 is 0. The van der Waals surface area contributed by atoms with Crippen LogP contribution < -0.4 is 5.32 Å². The molecule has 182 valence electrons. The summed E-state index contributed by atoms with van der Waals surface area (Å²) in [6.45, 7) is 6.57. The van der Waals surface area contributed by atoms with Crippen molar-refractivity contribution in [2.24, 2.45) is 0 Å². The lowest BCUT2D eigenvalue weighted by molar-refractivity contribution is 0.0136. The molecule has 0 aromatic heterocycles. The quantitative estimate of drug-likeness (QED) is 0.307. The van der Waals surface area contributed by atoms with Gasteiger partial charge >= 0.3 is 6.03 Å². The first-order valence-corrected chi connectivity index (χ1v) is 12.5. The van der Waals surface area contributed by atoms with E-state index in [0.29, 0.717) is 31.1 Å². The summed E-state index contributed by atoms with van der Waals surface area (Å²) in [5.41, 5.74) is 2.10. The molecule has 2 aliphatic heterocycles. The number of carbonyl (C=O) groups is 1. The Morgan fingerprint density at radius 1 is 1.29 bits per heavy atom. The largest absolute Gasteiger partial charge is 0.374 e. The molecular formula is C24H31N4O5P. The van der Waals surface area contributed by atoms with Crippen LogP contribution >= 0.6 is 8.38 Å². The van der Waals surface area contributed by atoms with Gasteiger partial charge in [-0.05, 0) is 18.6 Å². The fourth-order valence-corrected chi connectivity index (χ4v) is 4.31. The maximum atomic E-state index is 13.2. The second-order valence-corrected chi connectivity index (χ2v) is 9.01. The predicted molar refractivity (Wildman–Crippen MR) is 131 cm³/mol. The van der Waals surface area contributed by atoms with Gasteiger partial charge in [0.15, 0.2) is 14.5 Å². The van der Waals surface area contributed by atoms with Crippen molar-refractivity contribution in [3.8, 4) is 24.2 Å². The van der Waals surface area contributed by atoms with Crippen LogP contribution in [0.1, 0.15) is 6.42 Å². The summed E-state index contributed by atoms with van der Waals surface area (Å²) < 4.78 is 16.1. The van der Waals surface area contributed by atoms with Crippen molar-refractivity contribution in [2.75, 3.05) is 47.6 Å². The highest BCUT2D eigenvalue weighted by molar-refractivity contribution is 7.45. The first-order chi connectivity index (χ1) is 16.3. The minimum absolute atomic E-state index is 0.110. The van der Waals surface area contributed by atoms with Crippen molar-refractivity contribution in [1.29, 1.82) is 0 Å². The van der Waals surface area contributed by atoms with Gasteiger partial charge in [0.25, 0.3) is 0 Å². The lowest BCUT2D eigenvalue weighted by Gasteiger charge is -2.37. The Morgan fingerprint density at radius 3 is 2.68 bits per heavy atom. The summed E-state index contributed by atoms with van der Waals surface area (Å²) in [7, 11) is 3.72. The number of carbonyl (C=O) groups excluding carboxylic acids is 1. The van der Waals surface area contributed by atoms with Crippen LogP contribution in [0.4, 0.5) is 4.79 Å². The summed E-state index contributed by atoms with van der Waals surface area (Å²) in [6, 6.07) is -0.259. The molecule has 4 unspecified atom stereocenters. The van der Waals surface area contributed by atoms with Crippen LogP contribution in [0.2, 0.25) is 0 Å². The van der Waals surface area contributed by atoms with E-state index < -0.39 is 8.38 Å². The van der Waals surface area contributed by atoms with Crippen molar-refractivity contribution in [2.45, 2.75) is 24.8 Å². The number of allylic oxidation sites excluding steroid dienone is 2. The second kappa shape index (κ2) is 11.6. The molecule has 34 heavy (non-hydrogen) atoms. The molecule has 0 radical (unpaired) electrons. The van der Waals surface area contributed by atoms with Gasteiger partial charge in [0.2, 0.25) is 0 Å². The van der Waals surface area contributed by atoms with E-state index in [2.05, 4.69) is 29.7 Å². The van der Waals surface area contributed by atoms with Crippen molar-refractivity contribution < 1.29 is 23.7 Å². The maximum Gasteiger partial charge on any atom is 0.331 e. The lowest BCUT2D eigenvalue weighted by atomic mass is 10.0. The van der Waals surface area contributed by atoms with Crippen molar-refractivity contribution in [1.82, 2.24) is 20.0 Å². The maximum absolute atomic E-state index is 13.2. The van der Waals surface area contributed by atoms with Crippen LogP contribution in [0.25, 0.3) is 0 Å². The highest BCUT2D eigenvalue weighted by Crippen LogP contribution is 2.34. The molecule has 0 saturated carbocycles. The normalized spacial score (nSPS) is 24.9. The van der Waals surface area contributed by atoms with Gasteiger partial charge in [-0.1, -0.05) is 30.4 Å². The third-order valence-electron chi connectivity index (χ3n) is 5.65. The van der Waals surface area contributed by atoms with E-state index >= 15 is 0 Å². The van der Waals surface area contributed by atoms with Gasteiger partial charge < -0.3 is 29.1 Å². The molecule has 2 amide bonds. The molecule has 2 N–H and O–H groups in total. The van der Waals surface area contributed by atoms with Gasteiger partial charge in [0.1, 0.15) is 23.7 Å². The average molecular weight is 487 g/mol. The van der Waals surface area contributed by atoms with Gasteiger partial charge in [-0.3, -0.25) is 9.80 Å². The van der Waals surface area contributed by atoms with E-state index in [0.717, 1.165) is 11.3 Å². The van der Waals surface area contributed by atoms with Crippen molar-refractivity contribution in [3.63, 3.8) is 0 Å². The van der Waals surface area contributed by atoms with Crippen molar-refractivity contribution >= 4 is 14.4 Å².